The molecule has 0 bridgehead atoms. The van der Waals surface area contributed by atoms with Crippen LogP contribution in [0, 0.1) is 19.8 Å². The van der Waals surface area contributed by atoms with Crippen molar-refractivity contribution in [1.29, 1.82) is 0 Å². The summed E-state index contributed by atoms with van der Waals surface area (Å²) in [6.45, 7) is 5.41. The molecule has 2 aliphatic heterocycles. The van der Waals surface area contributed by atoms with Crippen LogP contribution in [-0.4, -0.2) is 44.2 Å². The van der Waals surface area contributed by atoms with Gasteiger partial charge in [0, 0.05) is 25.2 Å². The van der Waals surface area contributed by atoms with Crippen LogP contribution < -0.4 is 15.9 Å². The lowest BCUT2D eigenvalue weighted by molar-refractivity contribution is -0.120. The molecular weight excluding hydrogens is 426 g/mol. The number of carbonyl (C=O) groups excluding carboxylic acids is 2. The van der Waals surface area contributed by atoms with Crippen LogP contribution in [0.15, 0.2) is 46.3 Å². The van der Waals surface area contributed by atoms with Gasteiger partial charge in [0.05, 0.1) is 16.2 Å². The first-order chi connectivity index (χ1) is 15.3. The van der Waals surface area contributed by atoms with Crippen LogP contribution in [0.4, 0.5) is 0 Å². The molecule has 2 aromatic rings. The van der Waals surface area contributed by atoms with E-state index in [0.717, 1.165) is 29.2 Å². The minimum atomic E-state index is -3.50. The summed E-state index contributed by atoms with van der Waals surface area (Å²) < 4.78 is 26.7. The number of carbonyl (C=O) groups is 2. The molecule has 4 rings (SSSR count). The Labute approximate surface area is 187 Å². The van der Waals surface area contributed by atoms with Crippen LogP contribution in [0.1, 0.15) is 40.7 Å². The van der Waals surface area contributed by atoms with E-state index in [-0.39, 0.29) is 22.6 Å². The van der Waals surface area contributed by atoms with E-state index in [1.165, 1.54) is 28.6 Å². The highest BCUT2D eigenvalue weighted by molar-refractivity contribution is 7.89. The molecule has 1 fully saturated rings. The highest BCUT2D eigenvalue weighted by atomic mass is 32.2. The van der Waals surface area contributed by atoms with Crippen molar-refractivity contribution in [3.05, 3.63) is 63.7 Å². The lowest BCUT2D eigenvalue weighted by Crippen LogP contribution is -2.36. The van der Waals surface area contributed by atoms with Crippen molar-refractivity contribution >= 4 is 27.9 Å². The van der Waals surface area contributed by atoms with Gasteiger partial charge in [-0.2, -0.15) is 4.31 Å². The molecule has 0 spiro atoms. The van der Waals surface area contributed by atoms with Gasteiger partial charge in [-0.25, -0.2) is 13.4 Å². The van der Waals surface area contributed by atoms with Gasteiger partial charge < -0.3 is 5.32 Å². The molecule has 0 radical (unpaired) electrons. The number of benzene rings is 2. The fourth-order valence-electron chi connectivity index (χ4n) is 4.05. The first-order valence-electron chi connectivity index (χ1n) is 10.9. The van der Waals surface area contributed by atoms with Gasteiger partial charge in [-0.3, -0.25) is 9.59 Å². The summed E-state index contributed by atoms with van der Waals surface area (Å²) in [5.41, 5.74) is 2.62. The Bertz CT molecular complexity index is 1280. The Kier molecular flexibility index (Phi) is 6.26. The molecule has 1 unspecified atom stereocenters. The van der Waals surface area contributed by atoms with Gasteiger partial charge in [-0.1, -0.05) is 6.08 Å². The molecule has 2 amide bonds. The predicted molar refractivity (Wildman–Crippen MR) is 121 cm³/mol. The van der Waals surface area contributed by atoms with Crippen LogP contribution in [0.25, 0.3) is 6.08 Å². The van der Waals surface area contributed by atoms with E-state index in [1.807, 2.05) is 32.1 Å². The molecule has 0 aromatic heterocycles. The highest BCUT2D eigenvalue weighted by Gasteiger charge is 2.27. The molecule has 1 N–H and O–H groups in total. The van der Waals surface area contributed by atoms with E-state index in [9.17, 15) is 18.0 Å². The zero-order valence-electron chi connectivity index (χ0n) is 18.3. The van der Waals surface area contributed by atoms with E-state index in [0.29, 0.717) is 37.0 Å². The lowest BCUT2D eigenvalue weighted by Gasteiger charge is -2.16. The topological polar surface area (TPSA) is 95.9 Å². The number of nitrogens with zero attached hydrogens (tertiary/aromatic N) is 2. The van der Waals surface area contributed by atoms with E-state index >= 15 is 0 Å². The van der Waals surface area contributed by atoms with Gasteiger partial charge >= 0.3 is 0 Å². The summed E-state index contributed by atoms with van der Waals surface area (Å²) in [6.07, 6.45) is 4.11. The third-order valence-corrected chi connectivity index (χ3v) is 8.04. The van der Waals surface area contributed by atoms with Crippen LogP contribution in [0.2, 0.25) is 0 Å². The Morgan fingerprint density at radius 1 is 1.09 bits per heavy atom. The van der Waals surface area contributed by atoms with Crippen molar-refractivity contribution in [2.45, 2.75) is 38.0 Å². The maximum Gasteiger partial charge on any atom is 0.253 e. The molecule has 0 aliphatic carbocycles. The zero-order chi connectivity index (χ0) is 22.9. The summed E-state index contributed by atoms with van der Waals surface area (Å²) in [5, 5.41) is 4.45. The number of aryl methyl sites for hydroxylation is 2. The number of nitrogens with one attached hydrogen (secondary N) is 1. The zero-order valence-corrected chi connectivity index (χ0v) is 19.1. The first-order valence-corrected chi connectivity index (χ1v) is 12.3. The minimum Gasteiger partial charge on any atom is -0.352 e. The van der Waals surface area contributed by atoms with Gasteiger partial charge in [0.1, 0.15) is 0 Å². The SMILES string of the molecule is Cc1cc2c(cc1C)=NC(=O)C(CCNC(=O)c1ccc(S(=O)(=O)N3CCCC3)cc1)C=2. The Morgan fingerprint density at radius 2 is 1.75 bits per heavy atom. The second-order valence-electron chi connectivity index (χ2n) is 8.40. The summed E-state index contributed by atoms with van der Waals surface area (Å²) in [7, 11) is -3.50. The van der Waals surface area contributed by atoms with E-state index in [2.05, 4.69) is 10.3 Å². The number of hydrogen-bond acceptors (Lipinski definition) is 4. The second-order valence-corrected chi connectivity index (χ2v) is 10.3. The third-order valence-electron chi connectivity index (χ3n) is 6.13. The predicted octanol–water partition coefficient (Wildman–Crippen LogP) is 1.46. The lowest BCUT2D eigenvalue weighted by atomic mass is 9.98. The third kappa shape index (κ3) is 4.52. The molecule has 168 valence electrons. The fourth-order valence-corrected chi connectivity index (χ4v) is 5.57. The molecule has 1 saturated heterocycles. The number of hydrogen-bond donors (Lipinski definition) is 1. The van der Waals surface area contributed by atoms with Crippen LogP contribution in [-0.2, 0) is 14.8 Å². The molecule has 1 atom stereocenters. The maximum absolute atomic E-state index is 12.6. The maximum atomic E-state index is 12.6. The van der Waals surface area contributed by atoms with Crippen molar-refractivity contribution in [1.82, 2.24) is 9.62 Å². The van der Waals surface area contributed by atoms with Gasteiger partial charge in [0.2, 0.25) is 10.0 Å². The van der Waals surface area contributed by atoms with Crippen molar-refractivity contribution in [2.75, 3.05) is 19.6 Å². The van der Waals surface area contributed by atoms with E-state index in [1.54, 1.807) is 0 Å². The van der Waals surface area contributed by atoms with Gasteiger partial charge in [0.15, 0.2) is 0 Å². The number of sulfonamides is 1. The van der Waals surface area contributed by atoms with Crippen molar-refractivity contribution in [3.8, 4) is 0 Å². The van der Waals surface area contributed by atoms with E-state index < -0.39 is 10.0 Å². The van der Waals surface area contributed by atoms with Crippen molar-refractivity contribution in [2.24, 2.45) is 10.9 Å². The molecule has 8 heteroatoms. The fraction of sp³-hybridized carbons (Fsp3) is 0.375. The first kappa shape index (κ1) is 22.4. The summed E-state index contributed by atoms with van der Waals surface area (Å²) in [5.74, 6) is -0.883. The second kappa shape index (κ2) is 8.96. The van der Waals surface area contributed by atoms with Crippen molar-refractivity contribution < 1.29 is 18.0 Å². The number of rotatable bonds is 6. The van der Waals surface area contributed by atoms with Crippen LogP contribution in [0.5, 0.6) is 0 Å². The quantitative estimate of drug-likeness (QED) is 0.716. The monoisotopic (exact) mass is 453 g/mol. The Morgan fingerprint density at radius 3 is 2.44 bits per heavy atom. The normalized spacial score (nSPS) is 18.6. The Hall–Kier alpha value is -2.84. The smallest absolute Gasteiger partial charge is 0.253 e. The molecular formula is C24H27N3O4S. The molecule has 2 heterocycles. The number of fused-ring (bicyclic) bond motifs is 1. The molecule has 7 nitrogen and oxygen atoms in total. The molecule has 0 saturated carbocycles. The average molecular weight is 454 g/mol. The average Bonchev–Trinajstić information content (AvgIpc) is 3.31. The molecule has 2 aromatic carbocycles. The van der Waals surface area contributed by atoms with Crippen LogP contribution in [0.3, 0.4) is 0 Å². The highest BCUT2D eigenvalue weighted by Crippen LogP contribution is 2.21. The van der Waals surface area contributed by atoms with Gasteiger partial charge in [-0.05, 0) is 85.9 Å². The minimum absolute atomic E-state index is 0.198. The largest absolute Gasteiger partial charge is 0.352 e. The number of amides is 2. The molecule has 2 aliphatic rings. The summed E-state index contributed by atoms with van der Waals surface area (Å²) in [4.78, 5) is 29.2. The van der Waals surface area contributed by atoms with Crippen molar-refractivity contribution in [3.63, 3.8) is 0 Å². The van der Waals surface area contributed by atoms with Crippen LogP contribution >= 0.6 is 0 Å². The van der Waals surface area contributed by atoms with Gasteiger partial charge in [0.25, 0.3) is 11.8 Å². The molecule has 32 heavy (non-hydrogen) atoms. The summed E-state index contributed by atoms with van der Waals surface area (Å²) in [6, 6.07) is 9.94. The van der Waals surface area contributed by atoms with Gasteiger partial charge in [-0.15, -0.1) is 0 Å². The standard InChI is InChI=1S/C24H27N3O4S/c1-16-13-20-15-19(24(29)26-22(20)14-17(16)2)9-10-25-23(28)18-5-7-21(8-6-18)32(30,31)27-11-3-4-12-27/h5-8,13-15,19H,3-4,9-12H2,1-2H3,(H,25,28). The summed E-state index contributed by atoms with van der Waals surface area (Å²) >= 11 is 0. The Balaban J connectivity index is 1.37. The van der Waals surface area contributed by atoms with E-state index in [4.69, 9.17) is 0 Å².